The molecule has 0 aliphatic heterocycles. The van der Waals surface area contributed by atoms with Crippen LogP contribution in [0.5, 0.6) is 0 Å². The molecule has 0 bridgehead atoms. The molecule has 0 saturated heterocycles. The molecule has 3 N–H and O–H groups in total. The molecule has 1 aliphatic rings. The van der Waals surface area contributed by atoms with Gasteiger partial charge < -0.3 is 10.3 Å². The first-order valence-electron chi connectivity index (χ1n) is 7.67. The summed E-state index contributed by atoms with van der Waals surface area (Å²) in [6.07, 6.45) is 9.64. The summed E-state index contributed by atoms with van der Waals surface area (Å²) in [6.45, 7) is 0.835. The number of hydrogen-bond donors (Lipinski definition) is 3. The fraction of sp³-hybridized carbons (Fsp3) is 0.235. The number of allylic oxidation sites excluding steroid dienone is 1. The molecule has 5 nitrogen and oxygen atoms in total. The van der Waals surface area contributed by atoms with E-state index in [2.05, 4.69) is 37.8 Å². The van der Waals surface area contributed by atoms with Crippen LogP contribution in [0.1, 0.15) is 16.9 Å². The Balaban J connectivity index is 1.49. The molecule has 6 heteroatoms. The molecule has 1 atom stereocenters. The Hall–Kier alpha value is -2.47. The van der Waals surface area contributed by atoms with Crippen molar-refractivity contribution in [2.24, 2.45) is 5.92 Å². The van der Waals surface area contributed by atoms with Crippen molar-refractivity contribution in [1.82, 2.24) is 15.0 Å². The number of fused-ring (bicyclic) bond motifs is 2. The number of nitrogens with zero attached hydrogens (tertiary/aromatic N) is 2. The van der Waals surface area contributed by atoms with Gasteiger partial charge in [-0.15, -0.1) is 11.3 Å². The Morgan fingerprint density at radius 1 is 1.35 bits per heavy atom. The van der Waals surface area contributed by atoms with Gasteiger partial charge in [0.05, 0.1) is 22.6 Å². The molecule has 23 heavy (non-hydrogen) atoms. The molecule has 1 unspecified atom stereocenters. The number of thiophene rings is 1. The summed E-state index contributed by atoms with van der Waals surface area (Å²) >= 11 is 1.66. The zero-order chi connectivity index (χ0) is 15.6. The van der Waals surface area contributed by atoms with Crippen LogP contribution in [0.2, 0.25) is 0 Å². The van der Waals surface area contributed by atoms with Crippen molar-refractivity contribution >= 4 is 33.9 Å². The number of pyridine rings is 1. The molecule has 3 aromatic rings. The van der Waals surface area contributed by atoms with Crippen LogP contribution in [0, 0.1) is 11.3 Å². The molecule has 1 aliphatic carbocycles. The second-order valence-corrected chi connectivity index (χ2v) is 6.60. The average molecular weight is 323 g/mol. The number of imidazole rings is 1. The van der Waals surface area contributed by atoms with Gasteiger partial charge in [0.2, 0.25) is 0 Å². The van der Waals surface area contributed by atoms with Crippen molar-refractivity contribution in [2.45, 2.75) is 12.8 Å². The van der Waals surface area contributed by atoms with Gasteiger partial charge in [0.15, 0.2) is 5.65 Å². The van der Waals surface area contributed by atoms with Crippen LogP contribution in [0.3, 0.4) is 0 Å². The van der Waals surface area contributed by atoms with Crippen molar-refractivity contribution in [3.05, 3.63) is 52.6 Å². The fourth-order valence-electron chi connectivity index (χ4n) is 2.92. The summed E-state index contributed by atoms with van der Waals surface area (Å²) in [7, 11) is 0. The van der Waals surface area contributed by atoms with E-state index < -0.39 is 0 Å². The highest BCUT2D eigenvalue weighted by molar-refractivity contribution is 7.12. The molecule has 0 aromatic carbocycles. The second kappa shape index (κ2) is 5.96. The number of anilines is 1. The zero-order valence-corrected chi connectivity index (χ0v) is 13.4. The first-order chi connectivity index (χ1) is 11.3. The number of aromatic nitrogens is 3. The van der Waals surface area contributed by atoms with E-state index in [9.17, 15) is 0 Å². The molecule has 116 valence electrons. The third kappa shape index (κ3) is 2.77. The molecular formula is C17H17N5S. The van der Waals surface area contributed by atoms with Crippen molar-refractivity contribution in [3.63, 3.8) is 0 Å². The number of aryl methyl sites for hydroxylation is 1. The average Bonchev–Trinajstić information content (AvgIpc) is 3.21. The van der Waals surface area contributed by atoms with Crippen molar-refractivity contribution in [1.29, 1.82) is 5.41 Å². The van der Waals surface area contributed by atoms with Gasteiger partial charge >= 0.3 is 0 Å². The van der Waals surface area contributed by atoms with Crippen LogP contribution < -0.4 is 5.32 Å². The highest BCUT2D eigenvalue weighted by atomic mass is 32.1. The van der Waals surface area contributed by atoms with Gasteiger partial charge in [-0.1, -0.05) is 6.08 Å². The number of aromatic amines is 1. The quantitative estimate of drug-likeness (QED) is 0.689. The molecule has 4 rings (SSSR count). The van der Waals surface area contributed by atoms with E-state index in [0.29, 0.717) is 11.6 Å². The van der Waals surface area contributed by atoms with Gasteiger partial charge in [-0.3, -0.25) is 5.41 Å². The van der Waals surface area contributed by atoms with Crippen LogP contribution in [-0.2, 0) is 6.42 Å². The normalized spacial score (nSPS) is 19.1. The molecule has 3 heterocycles. The lowest BCUT2D eigenvalue weighted by Gasteiger charge is -2.17. The highest BCUT2D eigenvalue weighted by Crippen LogP contribution is 2.25. The maximum absolute atomic E-state index is 8.18. The lowest BCUT2D eigenvalue weighted by molar-refractivity contribution is 0.617. The smallest absolute Gasteiger partial charge is 0.179 e. The largest absolute Gasteiger partial charge is 0.383 e. The van der Waals surface area contributed by atoms with E-state index in [1.54, 1.807) is 23.9 Å². The summed E-state index contributed by atoms with van der Waals surface area (Å²) in [5.74, 6) is 0.398. The van der Waals surface area contributed by atoms with Gasteiger partial charge in [-0.05, 0) is 47.9 Å². The van der Waals surface area contributed by atoms with Gasteiger partial charge in [-0.2, -0.15) is 0 Å². The predicted octanol–water partition coefficient (Wildman–Crippen LogP) is 3.62. The number of hydrogen-bond acceptors (Lipinski definition) is 5. The summed E-state index contributed by atoms with van der Waals surface area (Å²) in [4.78, 5) is 12.7. The molecule has 0 fully saturated rings. The van der Waals surface area contributed by atoms with Gasteiger partial charge in [-0.25, -0.2) is 9.97 Å². The summed E-state index contributed by atoms with van der Waals surface area (Å²) in [5.41, 5.74) is 4.62. The summed E-state index contributed by atoms with van der Waals surface area (Å²) in [5, 5.41) is 13.8. The van der Waals surface area contributed by atoms with Gasteiger partial charge in [0.1, 0.15) is 5.52 Å². The number of nitrogens with one attached hydrogen (secondary N) is 3. The van der Waals surface area contributed by atoms with Crippen molar-refractivity contribution < 1.29 is 0 Å². The number of rotatable bonds is 3. The molecule has 0 radical (unpaired) electrons. The maximum Gasteiger partial charge on any atom is 0.179 e. The maximum atomic E-state index is 8.18. The SMILES string of the molecule is N=C1/C=C\C(CNc2ccnc3nc[nH]c23)CCc2ccsc21. The van der Waals surface area contributed by atoms with E-state index in [-0.39, 0.29) is 0 Å². The monoisotopic (exact) mass is 323 g/mol. The molecule has 0 spiro atoms. The first-order valence-corrected chi connectivity index (χ1v) is 8.54. The van der Waals surface area contributed by atoms with Gasteiger partial charge in [0, 0.05) is 12.7 Å². The standard InChI is InChI=1S/C17H17N5S/c18-13-4-2-11(1-3-12-6-8-23-16(12)13)9-20-14-5-7-19-17-15(14)21-10-22-17/h2,4-8,10-11,18H,1,3,9H2,(H2,19,20,21,22)/b4-2-,18-13?. The van der Waals surface area contributed by atoms with E-state index in [1.165, 1.54) is 5.56 Å². The molecular weight excluding hydrogens is 306 g/mol. The lowest BCUT2D eigenvalue weighted by Crippen LogP contribution is -2.16. The van der Waals surface area contributed by atoms with Crippen LogP contribution in [-0.4, -0.2) is 27.2 Å². The first kappa shape index (κ1) is 14.1. The number of H-pyrrole nitrogens is 1. The molecule has 3 aromatic heterocycles. The van der Waals surface area contributed by atoms with E-state index in [1.807, 2.05) is 12.1 Å². The Morgan fingerprint density at radius 3 is 3.26 bits per heavy atom. The van der Waals surface area contributed by atoms with Crippen LogP contribution >= 0.6 is 11.3 Å². The Bertz CT molecular complexity index is 876. The van der Waals surface area contributed by atoms with E-state index in [4.69, 9.17) is 5.41 Å². The van der Waals surface area contributed by atoms with Crippen molar-refractivity contribution in [2.75, 3.05) is 11.9 Å². The lowest BCUT2D eigenvalue weighted by atomic mass is 9.95. The highest BCUT2D eigenvalue weighted by Gasteiger charge is 2.15. The predicted molar refractivity (Wildman–Crippen MR) is 94.5 cm³/mol. The van der Waals surface area contributed by atoms with E-state index in [0.717, 1.165) is 41.1 Å². The topological polar surface area (TPSA) is 77.5 Å². The Morgan fingerprint density at radius 2 is 2.30 bits per heavy atom. The van der Waals surface area contributed by atoms with Crippen LogP contribution in [0.4, 0.5) is 5.69 Å². The minimum Gasteiger partial charge on any atom is -0.383 e. The third-order valence-electron chi connectivity index (χ3n) is 4.19. The van der Waals surface area contributed by atoms with E-state index >= 15 is 0 Å². The van der Waals surface area contributed by atoms with Crippen LogP contribution in [0.15, 0.2) is 42.2 Å². The van der Waals surface area contributed by atoms with Crippen molar-refractivity contribution in [3.8, 4) is 0 Å². The third-order valence-corrected chi connectivity index (χ3v) is 5.18. The van der Waals surface area contributed by atoms with Crippen LogP contribution in [0.25, 0.3) is 11.2 Å². The second-order valence-electron chi connectivity index (χ2n) is 5.69. The van der Waals surface area contributed by atoms with Gasteiger partial charge in [0.25, 0.3) is 0 Å². The Kier molecular flexibility index (Phi) is 3.67. The molecule has 0 saturated carbocycles. The summed E-state index contributed by atoms with van der Waals surface area (Å²) < 4.78 is 0. The Labute approximate surface area is 138 Å². The fourth-order valence-corrected chi connectivity index (χ4v) is 3.81. The molecule has 0 amide bonds. The zero-order valence-electron chi connectivity index (χ0n) is 12.5. The minimum atomic E-state index is 0.398. The summed E-state index contributed by atoms with van der Waals surface area (Å²) in [6, 6.07) is 4.11. The minimum absolute atomic E-state index is 0.398.